The fourth-order valence-corrected chi connectivity index (χ4v) is 5.82. The van der Waals surface area contributed by atoms with Crippen molar-refractivity contribution in [2.75, 3.05) is 0 Å². The number of amides is 1. The van der Waals surface area contributed by atoms with Gasteiger partial charge in [-0.25, -0.2) is 0 Å². The predicted octanol–water partition coefficient (Wildman–Crippen LogP) is 11.0. The Bertz CT molecular complexity index is 589. The van der Waals surface area contributed by atoms with E-state index in [1.54, 1.807) is 0 Å². The van der Waals surface area contributed by atoms with Crippen LogP contribution >= 0.6 is 0 Å². The van der Waals surface area contributed by atoms with E-state index >= 15 is 0 Å². The average molecular weight is 564 g/mol. The lowest BCUT2D eigenvalue weighted by Crippen LogP contribution is -2.34. The van der Waals surface area contributed by atoms with Gasteiger partial charge in [0.2, 0.25) is 5.78 Å². The Hall–Kier alpha value is -1.19. The first-order valence-corrected chi connectivity index (χ1v) is 17.9. The van der Waals surface area contributed by atoms with Gasteiger partial charge in [-0.1, -0.05) is 187 Å². The van der Waals surface area contributed by atoms with E-state index in [-0.39, 0.29) is 5.78 Å². The summed E-state index contributed by atoms with van der Waals surface area (Å²) in [6.07, 6.45) is 36.5. The molecular weight excluding hydrogens is 494 g/mol. The second-order valence-corrected chi connectivity index (χ2v) is 12.5. The molecule has 0 aromatic carbocycles. The largest absolute Gasteiger partial charge is 0.363 e. The highest BCUT2D eigenvalue weighted by Gasteiger charge is 2.28. The highest BCUT2D eigenvalue weighted by molar-refractivity contribution is 6.40. The third-order valence-corrected chi connectivity index (χ3v) is 8.57. The van der Waals surface area contributed by atoms with Crippen LogP contribution in [0.2, 0.25) is 0 Å². The minimum Gasteiger partial charge on any atom is -0.363 e. The minimum atomic E-state index is -0.954. The number of carbonyl (C=O) groups excluding carboxylic acids is 3. The molecule has 0 aromatic heterocycles. The van der Waals surface area contributed by atoms with Crippen molar-refractivity contribution >= 4 is 17.5 Å². The summed E-state index contributed by atoms with van der Waals surface area (Å²) in [4.78, 5) is 36.6. The molecule has 0 spiro atoms. The van der Waals surface area contributed by atoms with Gasteiger partial charge in [-0.2, -0.15) is 0 Å². The first kappa shape index (κ1) is 38.8. The van der Waals surface area contributed by atoms with E-state index in [1.807, 2.05) is 0 Å². The number of ketones is 2. The minimum absolute atomic E-state index is 0.0720. The number of unbranched alkanes of at least 4 members (excludes halogenated alkanes) is 26. The molecule has 236 valence electrons. The SMILES string of the molecule is CCCCCCCCCCCCCCCCCC(C(=O)CCCCCCCCCCCCCCC)C(=O)C(N)=O. The van der Waals surface area contributed by atoms with Crippen molar-refractivity contribution in [1.29, 1.82) is 0 Å². The standard InChI is InChI=1S/C36H69NO3/c1-3-5-7-9-11-13-15-17-18-20-21-23-25-27-29-31-33(35(39)36(37)40)34(38)32-30-28-26-24-22-19-16-14-12-10-8-6-4-2/h33H,3-32H2,1-2H3,(H2,37,40). The smallest absolute Gasteiger partial charge is 0.285 e. The van der Waals surface area contributed by atoms with E-state index in [9.17, 15) is 14.4 Å². The molecule has 0 heterocycles. The van der Waals surface area contributed by atoms with Gasteiger partial charge >= 0.3 is 0 Å². The number of primary amides is 1. The Morgan fingerprint density at radius 2 is 0.700 bits per heavy atom. The number of nitrogens with two attached hydrogens (primary N) is 1. The molecule has 1 atom stereocenters. The fourth-order valence-electron chi connectivity index (χ4n) is 5.82. The summed E-state index contributed by atoms with van der Waals surface area (Å²) < 4.78 is 0. The fraction of sp³-hybridized carbons (Fsp3) is 0.917. The van der Waals surface area contributed by atoms with Crippen molar-refractivity contribution in [1.82, 2.24) is 0 Å². The second-order valence-electron chi connectivity index (χ2n) is 12.5. The predicted molar refractivity (Wildman–Crippen MR) is 173 cm³/mol. The topological polar surface area (TPSA) is 77.2 Å². The summed E-state index contributed by atoms with van der Waals surface area (Å²) in [6.45, 7) is 4.53. The van der Waals surface area contributed by atoms with Crippen molar-refractivity contribution < 1.29 is 14.4 Å². The summed E-state index contributed by atoms with van der Waals surface area (Å²) in [5.41, 5.74) is 5.26. The Kier molecular flexibility index (Phi) is 29.8. The monoisotopic (exact) mass is 564 g/mol. The van der Waals surface area contributed by atoms with Crippen molar-refractivity contribution in [3.05, 3.63) is 0 Å². The van der Waals surface area contributed by atoms with Crippen LogP contribution in [0, 0.1) is 5.92 Å². The molecule has 0 aliphatic heterocycles. The van der Waals surface area contributed by atoms with Gasteiger partial charge in [0, 0.05) is 6.42 Å². The van der Waals surface area contributed by atoms with Crippen LogP contribution in [0.3, 0.4) is 0 Å². The summed E-state index contributed by atoms with van der Waals surface area (Å²) in [5, 5.41) is 0. The molecule has 0 saturated heterocycles. The molecule has 4 heteroatoms. The molecule has 40 heavy (non-hydrogen) atoms. The number of Topliss-reactive ketones (excluding diaryl/α,β-unsaturated/α-hetero) is 2. The zero-order valence-electron chi connectivity index (χ0n) is 27.1. The molecule has 2 N–H and O–H groups in total. The molecule has 0 aliphatic carbocycles. The van der Waals surface area contributed by atoms with Crippen LogP contribution in [0.15, 0.2) is 0 Å². The Balaban J connectivity index is 3.78. The van der Waals surface area contributed by atoms with Crippen LogP contribution in [-0.4, -0.2) is 17.5 Å². The van der Waals surface area contributed by atoms with Crippen LogP contribution in [0.4, 0.5) is 0 Å². The van der Waals surface area contributed by atoms with Crippen LogP contribution in [0.5, 0.6) is 0 Å². The van der Waals surface area contributed by atoms with Gasteiger partial charge in [0.25, 0.3) is 5.91 Å². The first-order valence-electron chi connectivity index (χ1n) is 17.9. The van der Waals surface area contributed by atoms with Gasteiger partial charge in [-0.15, -0.1) is 0 Å². The maximum atomic E-state index is 12.7. The van der Waals surface area contributed by atoms with E-state index in [2.05, 4.69) is 13.8 Å². The molecule has 0 aliphatic rings. The zero-order chi connectivity index (χ0) is 29.5. The van der Waals surface area contributed by atoms with E-state index in [0.29, 0.717) is 12.8 Å². The van der Waals surface area contributed by atoms with Crippen LogP contribution in [0.25, 0.3) is 0 Å². The molecular formula is C36H69NO3. The lowest BCUT2D eigenvalue weighted by atomic mass is 9.89. The Morgan fingerprint density at radius 3 is 1.00 bits per heavy atom. The number of hydrogen-bond acceptors (Lipinski definition) is 3. The molecule has 0 saturated carbocycles. The molecule has 0 bridgehead atoms. The molecule has 1 amide bonds. The molecule has 0 radical (unpaired) electrons. The third kappa shape index (κ3) is 25.8. The van der Waals surface area contributed by atoms with E-state index in [4.69, 9.17) is 5.73 Å². The lowest BCUT2D eigenvalue weighted by Gasteiger charge is -2.13. The van der Waals surface area contributed by atoms with E-state index in [1.165, 1.54) is 141 Å². The molecule has 0 rings (SSSR count). The number of carbonyl (C=O) groups is 3. The number of rotatable bonds is 33. The van der Waals surface area contributed by atoms with Crippen LogP contribution < -0.4 is 5.73 Å². The quantitative estimate of drug-likeness (QED) is 0.0490. The number of hydrogen-bond donors (Lipinski definition) is 1. The highest BCUT2D eigenvalue weighted by Crippen LogP contribution is 2.19. The maximum Gasteiger partial charge on any atom is 0.285 e. The van der Waals surface area contributed by atoms with Crippen molar-refractivity contribution in [3.63, 3.8) is 0 Å². The van der Waals surface area contributed by atoms with Crippen LogP contribution in [0.1, 0.15) is 206 Å². The molecule has 4 nitrogen and oxygen atoms in total. The Labute approximate surface area is 249 Å². The summed E-state index contributed by atoms with van der Waals surface area (Å²) in [6, 6.07) is 0. The summed E-state index contributed by atoms with van der Waals surface area (Å²) in [7, 11) is 0. The molecule has 1 unspecified atom stereocenters. The van der Waals surface area contributed by atoms with Crippen LogP contribution in [-0.2, 0) is 14.4 Å². The molecule has 0 aromatic rings. The van der Waals surface area contributed by atoms with Gasteiger partial charge in [0.15, 0.2) is 0 Å². The highest BCUT2D eigenvalue weighted by atomic mass is 16.2. The van der Waals surface area contributed by atoms with Gasteiger partial charge < -0.3 is 5.73 Å². The summed E-state index contributed by atoms with van der Waals surface area (Å²) in [5.74, 6) is -2.51. The molecule has 0 fully saturated rings. The van der Waals surface area contributed by atoms with Crippen molar-refractivity contribution in [2.24, 2.45) is 11.7 Å². The second kappa shape index (κ2) is 30.8. The van der Waals surface area contributed by atoms with E-state index < -0.39 is 17.6 Å². The van der Waals surface area contributed by atoms with Gasteiger partial charge in [0.05, 0.1) is 5.92 Å². The summed E-state index contributed by atoms with van der Waals surface area (Å²) >= 11 is 0. The normalized spacial score (nSPS) is 12.1. The zero-order valence-corrected chi connectivity index (χ0v) is 27.1. The van der Waals surface area contributed by atoms with Crippen molar-refractivity contribution in [3.8, 4) is 0 Å². The van der Waals surface area contributed by atoms with Crippen molar-refractivity contribution in [2.45, 2.75) is 206 Å². The third-order valence-electron chi connectivity index (χ3n) is 8.57. The average Bonchev–Trinajstić information content (AvgIpc) is 2.94. The van der Waals surface area contributed by atoms with E-state index in [0.717, 1.165) is 38.5 Å². The van der Waals surface area contributed by atoms with Gasteiger partial charge in [-0.3, -0.25) is 14.4 Å². The first-order chi connectivity index (χ1) is 19.5. The Morgan fingerprint density at radius 1 is 0.425 bits per heavy atom. The van der Waals surface area contributed by atoms with Gasteiger partial charge in [-0.05, 0) is 12.8 Å². The lowest BCUT2D eigenvalue weighted by molar-refractivity contribution is -0.142. The maximum absolute atomic E-state index is 12.7. The van der Waals surface area contributed by atoms with Gasteiger partial charge in [0.1, 0.15) is 5.78 Å².